The number of nitrogens with zero attached hydrogens (tertiary/aromatic N) is 1. The van der Waals surface area contributed by atoms with Gasteiger partial charge in [-0.1, -0.05) is 12.1 Å². The summed E-state index contributed by atoms with van der Waals surface area (Å²) in [5.74, 6) is -2.51. The molecule has 8 heteroatoms. The van der Waals surface area contributed by atoms with Gasteiger partial charge in [-0.3, -0.25) is 4.79 Å². The highest BCUT2D eigenvalue weighted by molar-refractivity contribution is 5.96. The Labute approximate surface area is 154 Å². The van der Waals surface area contributed by atoms with Crippen molar-refractivity contribution in [2.24, 2.45) is 0 Å². The van der Waals surface area contributed by atoms with E-state index in [1.807, 2.05) is 0 Å². The van der Waals surface area contributed by atoms with Crippen LogP contribution in [-0.2, 0) is 11.3 Å². The number of halogens is 3. The molecule has 0 unspecified atom stereocenters. The van der Waals surface area contributed by atoms with E-state index in [-0.39, 0.29) is 17.7 Å². The van der Waals surface area contributed by atoms with Crippen molar-refractivity contribution in [1.82, 2.24) is 10.2 Å². The van der Waals surface area contributed by atoms with E-state index in [4.69, 9.17) is 0 Å². The number of benzene rings is 2. The maximum atomic E-state index is 14.0. The van der Waals surface area contributed by atoms with Gasteiger partial charge in [-0.2, -0.15) is 0 Å². The molecule has 2 atom stereocenters. The third-order valence-corrected chi connectivity index (χ3v) is 4.58. The maximum Gasteiger partial charge on any atom is 0.322 e. The monoisotopic (exact) mass is 377 g/mol. The van der Waals surface area contributed by atoms with E-state index < -0.39 is 41.5 Å². The number of fused-ring (bicyclic) bond motifs is 1. The van der Waals surface area contributed by atoms with Crippen molar-refractivity contribution in [2.45, 2.75) is 32.5 Å². The summed E-state index contributed by atoms with van der Waals surface area (Å²) in [5, 5.41) is 5.15. The van der Waals surface area contributed by atoms with E-state index in [9.17, 15) is 22.8 Å². The average molecular weight is 377 g/mol. The Kier molecular flexibility index (Phi) is 5.07. The standard InChI is InChI=1S/C19H18F3N3O2/c1-10(13-7-6-12(20)8-16(13)22)23-18(26)11(2)25-9-14-15(21)4-3-5-17(14)24-19(25)27/h3-8,10-11H,9H2,1-2H3,(H,23,26)(H,24,27)/t10-,11-/m0/s1. The molecule has 0 aliphatic carbocycles. The van der Waals surface area contributed by atoms with Gasteiger partial charge in [0.05, 0.1) is 18.3 Å². The Morgan fingerprint density at radius 1 is 1.15 bits per heavy atom. The lowest BCUT2D eigenvalue weighted by Gasteiger charge is -2.34. The first-order chi connectivity index (χ1) is 12.8. The Bertz CT molecular complexity index is 904. The molecule has 0 aromatic heterocycles. The molecule has 5 nitrogen and oxygen atoms in total. The predicted molar refractivity (Wildman–Crippen MR) is 93.3 cm³/mol. The summed E-state index contributed by atoms with van der Waals surface area (Å²) in [4.78, 5) is 26.0. The molecule has 27 heavy (non-hydrogen) atoms. The second-order valence-corrected chi connectivity index (χ2v) is 6.40. The Hall–Kier alpha value is -3.03. The van der Waals surface area contributed by atoms with Gasteiger partial charge >= 0.3 is 6.03 Å². The largest absolute Gasteiger partial charge is 0.348 e. The molecule has 1 aliphatic rings. The molecular formula is C19H18F3N3O2. The summed E-state index contributed by atoms with van der Waals surface area (Å²) in [6.07, 6.45) is 0. The van der Waals surface area contributed by atoms with Crippen LogP contribution in [0.3, 0.4) is 0 Å². The topological polar surface area (TPSA) is 61.4 Å². The molecule has 0 radical (unpaired) electrons. The zero-order valence-corrected chi connectivity index (χ0v) is 14.7. The van der Waals surface area contributed by atoms with Gasteiger partial charge in [0.15, 0.2) is 0 Å². The van der Waals surface area contributed by atoms with Crippen LogP contribution in [-0.4, -0.2) is 22.9 Å². The Balaban J connectivity index is 1.73. The molecular weight excluding hydrogens is 359 g/mol. The van der Waals surface area contributed by atoms with E-state index >= 15 is 0 Å². The van der Waals surface area contributed by atoms with Crippen LogP contribution >= 0.6 is 0 Å². The van der Waals surface area contributed by atoms with Gasteiger partial charge in [-0.25, -0.2) is 18.0 Å². The van der Waals surface area contributed by atoms with E-state index in [2.05, 4.69) is 10.6 Å². The first-order valence-electron chi connectivity index (χ1n) is 8.38. The smallest absolute Gasteiger partial charge is 0.322 e. The minimum atomic E-state index is -0.927. The molecule has 0 bridgehead atoms. The molecule has 3 amide bonds. The number of rotatable bonds is 4. The van der Waals surface area contributed by atoms with Gasteiger partial charge in [0.25, 0.3) is 0 Å². The second-order valence-electron chi connectivity index (χ2n) is 6.40. The number of urea groups is 1. The fraction of sp³-hybridized carbons (Fsp3) is 0.263. The Morgan fingerprint density at radius 2 is 1.89 bits per heavy atom. The van der Waals surface area contributed by atoms with Gasteiger partial charge in [0, 0.05) is 17.2 Å². The van der Waals surface area contributed by atoms with Crippen LogP contribution in [0.5, 0.6) is 0 Å². The van der Waals surface area contributed by atoms with Crippen molar-refractivity contribution in [3.8, 4) is 0 Å². The molecule has 3 rings (SSSR count). The van der Waals surface area contributed by atoms with Crippen molar-refractivity contribution in [1.29, 1.82) is 0 Å². The highest BCUT2D eigenvalue weighted by atomic mass is 19.1. The van der Waals surface area contributed by atoms with Crippen molar-refractivity contribution < 1.29 is 22.8 Å². The van der Waals surface area contributed by atoms with Gasteiger partial charge in [-0.05, 0) is 32.0 Å². The number of anilines is 1. The molecule has 2 N–H and O–H groups in total. The van der Waals surface area contributed by atoms with Crippen molar-refractivity contribution in [3.63, 3.8) is 0 Å². The number of carbonyl (C=O) groups is 2. The molecule has 0 saturated heterocycles. The summed E-state index contributed by atoms with van der Waals surface area (Å²) in [5.41, 5.74) is 0.774. The number of hydrogen-bond donors (Lipinski definition) is 2. The van der Waals surface area contributed by atoms with E-state index in [1.165, 1.54) is 30.0 Å². The highest BCUT2D eigenvalue weighted by Gasteiger charge is 2.32. The lowest BCUT2D eigenvalue weighted by Crippen LogP contribution is -2.51. The van der Waals surface area contributed by atoms with Crippen LogP contribution < -0.4 is 10.6 Å². The molecule has 0 spiro atoms. The fourth-order valence-electron chi connectivity index (χ4n) is 2.98. The summed E-state index contributed by atoms with van der Waals surface area (Å²) in [6, 6.07) is 5.23. The Morgan fingerprint density at radius 3 is 2.59 bits per heavy atom. The summed E-state index contributed by atoms with van der Waals surface area (Å²) in [7, 11) is 0. The van der Waals surface area contributed by atoms with Crippen LogP contribution in [0.25, 0.3) is 0 Å². The van der Waals surface area contributed by atoms with Gasteiger partial charge in [0.1, 0.15) is 23.5 Å². The third kappa shape index (κ3) is 3.74. The van der Waals surface area contributed by atoms with Crippen LogP contribution in [0.15, 0.2) is 36.4 Å². The van der Waals surface area contributed by atoms with Crippen LogP contribution in [0.2, 0.25) is 0 Å². The quantitative estimate of drug-likeness (QED) is 0.853. The van der Waals surface area contributed by atoms with Gasteiger partial charge in [-0.15, -0.1) is 0 Å². The van der Waals surface area contributed by atoms with Crippen molar-refractivity contribution >= 4 is 17.6 Å². The molecule has 2 aromatic rings. The second kappa shape index (κ2) is 7.30. The first-order valence-corrected chi connectivity index (χ1v) is 8.38. The number of hydrogen-bond acceptors (Lipinski definition) is 2. The molecule has 142 valence electrons. The molecule has 2 aromatic carbocycles. The third-order valence-electron chi connectivity index (χ3n) is 4.58. The lowest BCUT2D eigenvalue weighted by atomic mass is 10.1. The summed E-state index contributed by atoms with van der Waals surface area (Å²) in [6.45, 7) is 2.97. The van der Waals surface area contributed by atoms with E-state index in [0.29, 0.717) is 5.69 Å². The van der Waals surface area contributed by atoms with Crippen LogP contribution in [0.4, 0.5) is 23.7 Å². The summed E-state index contributed by atoms with van der Waals surface area (Å²) < 4.78 is 40.9. The minimum absolute atomic E-state index is 0.0677. The first kappa shape index (κ1) is 18.8. The van der Waals surface area contributed by atoms with Crippen molar-refractivity contribution in [3.05, 3.63) is 65.0 Å². The van der Waals surface area contributed by atoms with Crippen LogP contribution in [0.1, 0.15) is 31.0 Å². The fourth-order valence-corrected chi connectivity index (χ4v) is 2.98. The zero-order valence-electron chi connectivity index (χ0n) is 14.7. The molecule has 1 heterocycles. The maximum absolute atomic E-state index is 14.0. The molecule has 0 saturated carbocycles. The zero-order chi connectivity index (χ0) is 19.7. The highest BCUT2D eigenvalue weighted by Crippen LogP contribution is 2.27. The SMILES string of the molecule is C[C@H](NC(=O)[C@H](C)N1Cc2c(F)cccc2NC1=O)c1ccc(F)cc1F. The van der Waals surface area contributed by atoms with Crippen LogP contribution in [0, 0.1) is 17.5 Å². The number of amides is 3. The minimum Gasteiger partial charge on any atom is -0.348 e. The van der Waals surface area contributed by atoms with Gasteiger partial charge in [0.2, 0.25) is 5.91 Å². The van der Waals surface area contributed by atoms with E-state index in [1.54, 1.807) is 13.0 Å². The average Bonchev–Trinajstić information content (AvgIpc) is 2.60. The number of carbonyl (C=O) groups excluding carboxylic acids is 2. The van der Waals surface area contributed by atoms with E-state index in [0.717, 1.165) is 12.1 Å². The van der Waals surface area contributed by atoms with Gasteiger partial charge < -0.3 is 15.5 Å². The lowest BCUT2D eigenvalue weighted by molar-refractivity contribution is -0.125. The summed E-state index contributed by atoms with van der Waals surface area (Å²) >= 11 is 0. The van der Waals surface area contributed by atoms with Crippen molar-refractivity contribution in [2.75, 3.05) is 5.32 Å². The molecule has 1 aliphatic heterocycles. The number of nitrogens with one attached hydrogen (secondary N) is 2. The normalized spacial score (nSPS) is 15.6. The predicted octanol–water partition coefficient (Wildman–Crippen LogP) is 3.72. The molecule has 0 fully saturated rings.